The molecule has 2 fully saturated rings. The lowest BCUT2D eigenvalue weighted by Gasteiger charge is -2.23. The molecule has 2 aliphatic heterocycles. The molecule has 2 atom stereocenters. The van der Waals surface area contributed by atoms with Crippen molar-refractivity contribution in [2.24, 2.45) is 7.05 Å². The van der Waals surface area contributed by atoms with Gasteiger partial charge in [-0.1, -0.05) is 0 Å². The summed E-state index contributed by atoms with van der Waals surface area (Å²) in [5.41, 5.74) is -0.0228. The predicted molar refractivity (Wildman–Crippen MR) is 85.8 cm³/mol. The second-order valence-electron chi connectivity index (χ2n) is 6.55. The highest BCUT2D eigenvalue weighted by atomic mass is 16.5. The van der Waals surface area contributed by atoms with Gasteiger partial charge >= 0.3 is 0 Å². The first-order valence-electron chi connectivity index (χ1n) is 8.08. The van der Waals surface area contributed by atoms with Gasteiger partial charge in [0.25, 0.3) is 0 Å². The minimum absolute atomic E-state index is 0.0228. The molecule has 7 heteroatoms. The van der Waals surface area contributed by atoms with Crippen LogP contribution in [0.4, 0.5) is 5.82 Å². The Kier molecular flexibility index (Phi) is 3.74. The van der Waals surface area contributed by atoms with E-state index in [1.165, 1.54) is 0 Å². The van der Waals surface area contributed by atoms with Crippen LogP contribution >= 0.6 is 0 Å². The van der Waals surface area contributed by atoms with Gasteiger partial charge < -0.3 is 14.6 Å². The maximum atomic E-state index is 6.19. The molecule has 4 heterocycles. The van der Waals surface area contributed by atoms with Gasteiger partial charge in [0.1, 0.15) is 11.6 Å². The van der Waals surface area contributed by atoms with E-state index in [-0.39, 0.29) is 5.60 Å². The third-order valence-electron chi connectivity index (χ3n) is 4.81. The fourth-order valence-corrected chi connectivity index (χ4v) is 3.62. The molecule has 0 aliphatic carbocycles. The van der Waals surface area contributed by atoms with E-state index in [1.807, 2.05) is 19.4 Å². The standard InChI is InChI=1S/C16H22N6O/c1-21-7-5-19-15(21)10-22-6-2-16(12-22)8-13(11-23-16)20-14-9-17-3-4-18-14/h3-5,7,9,13H,2,6,8,10-12H2,1H3,(H,18,20). The Balaban J connectivity index is 1.35. The van der Waals surface area contributed by atoms with Crippen molar-refractivity contribution in [2.75, 3.05) is 25.0 Å². The van der Waals surface area contributed by atoms with Gasteiger partial charge in [-0.2, -0.15) is 0 Å². The van der Waals surface area contributed by atoms with Crippen molar-refractivity contribution in [1.29, 1.82) is 0 Å². The molecule has 0 bridgehead atoms. The quantitative estimate of drug-likeness (QED) is 0.910. The number of anilines is 1. The molecule has 23 heavy (non-hydrogen) atoms. The Labute approximate surface area is 135 Å². The Morgan fingerprint density at radius 2 is 2.30 bits per heavy atom. The van der Waals surface area contributed by atoms with Crippen molar-refractivity contribution in [3.05, 3.63) is 36.8 Å². The van der Waals surface area contributed by atoms with E-state index in [4.69, 9.17) is 4.74 Å². The van der Waals surface area contributed by atoms with Crippen LogP contribution in [0.3, 0.4) is 0 Å². The topological polar surface area (TPSA) is 68.1 Å². The van der Waals surface area contributed by atoms with Gasteiger partial charge in [0.2, 0.25) is 0 Å². The number of aromatic nitrogens is 4. The summed E-state index contributed by atoms with van der Waals surface area (Å²) in [5.74, 6) is 1.93. The zero-order valence-electron chi connectivity index (χ0n) is 13.4. The summed E-state index contributed by atoms with van der Waals surface area (Å²) < 4.78 is 8.27. The number of rotatable bonds is 4. The second-order valence-corrected chi connectivity index (χ2v) is 6.55. The molecule has 2 saturated heterocycles. The third kappa shape index (κ3) is 3.07. The van der Waals surface area contributed by atoms with Crippen molar-refractivity contribution in [2.45, 2.75) is 31.0 Å². The summed E-state index contributed by atoms with van der Waals surface area (Å²) in [5, 5.41) is 3.43. The van der Waals surface area contributed by atoms with Gasteiger partial charge in [0.15, 0.2) is 0 Å². The molecule has 0 aromatic carbocycles. The van der Waals surface area contributed by atoms with E-state index >= 15 is 0 Å². The molecule has 1 N–H and O–H groups in total. The SMILES string of the molecule is Cn1ccnc1CN1CCC2(CC(Nc3cnccn3)CO2)C1. The number of hydrogen-bond donors (Lipinski definition) is 1. The van der Waals surface area contributed by atoms with Crippen molar-refractivity contribution in [1.82, 2.24) is 24.4 Å². The van der Waals surface area contributed by atoms with Crippen LogP contribution < -0.4 is 5.32 Å². The molecule has 7 nitrogen and oxygen atoms in total. The molecule has 2 aliphatic rings. The molecule has 2 aromatic heterocycles. The first-order valence-corrected chi connectivity index (χ1v) is 8.08. The van der Waals surface area contributed by atoms with Crippen LogP contribution in [-0.4, -0.2) is 55.8 Å². The summed E-state index contributed by atoms with van der Waals surface area (Å²) >= 11 is 0. The zero-order chi connectivity index (χ0) is 15.7. The molecule has 4 rings (SSSR count). The lowest BCUT2D eigenvalue weighted by Crippen LogP contribution is -2.33. The summed E-state index contributed by atoms with van der Waals surface area (Å²) in [7, 11) is 2.04. The smallest absolute Gasteiger partial charge is 0.144 e. The van der Waals surface area contributed by atoms with E-state index < -0.39 is 0 Å². The van der Waals surface area contributed by atoms with Gasteiger partial charge in [-0.3, -0.25) is 9.88 Å². The van der Waals surface area contributed by atoms with Crippen LogP contribution in [0.15, 0.2) is 31.0 Å². The average molecular weight is 314 g/mol. The Hall–Kier alpha value is -1.99. The highest BCUT2D eigenvalue weighted by Gasteiger charge is 2.45. The van der Waals surface area contributed by atoms with Crippen LogP contribution in [0.1, 0.15) is 18.7 Å². The predicted octanol–water partition coefficient (Wildman–Crippen LogP) is 1.06. The molecular weight excluding hydrogens is 292 g/mol. The normalized spacial score (nSPS) is 27.8. The molecule has 2 aromatic rings. The fraction of sp³-hybridized carbons (Fsp3) is 0.562. The monoisotopic (exact) mass is 314 g/mol. The zero-order valence-corrected chi connectivity index (χ0v) is 13.4. The van der Waals surface area contributed by atoms with Gasteiger partial charge in [0.05, 0.1) is 31.0 Å². The van der Waals surface area contributed by atoms with Crippen LogP contribution in [0.25, 0.3) is 0 Å². The maximum absolute atomic E-state index is 6.19. The Bertz CT molecular complexity index is 660. The number of aryl methyl sites for hydroxylation is 1. The molecule has 0 saturated carbocycles. The molecule has 1 spiro atoms. The molecule has 2 unspecified atom stereocenters. The Morgan fingerprint density at radius 3 is 3.09 bits per heavy atom. The van der Waals surface area contributed by atoms with E-state index in [1.54, 1.807) is 18.6 Å². The third-order valence-corrected chi connectivity index (χ3v) is 4.81. The number of likely N-dealkylation sites (tertiary alicyclic amines) is 1. The lowest BCUT2D eigenvalue weighted by atomic mass is 9.97. The summed E-state index contributed by atoms with van der Waals surface area (Å²) in [6.45, 7) is 3.65. The molecule has 122 valence electrons. The van der Waals surface area contributed by atoms with E-state index in [0.29, 0.717) is 6.04 Å². The fourth-order valence-electron chi connectivity index (χ4n) is 3.62. The average Bonchev–Trinajstić information content (AvgIpc) is 3.25. The van der Waals surface area contributed by atoms with Gasteiger partial charge in [-0.05, 0) is 6.42 Å². The number of imidazole rings is 1. The van der Waals surface area contributed by atoms with Crippen LogP contribution in [-0.2, 0) is 18.3 Å². The number of nitrogens with one attached hydrogen (secondary N) is 1. The Morgan fingerprint density at radius 1 is 1.35 bits per heavy atom. The minimum atomic E-state index is -0.0228. The van der Waals surface area contributed by atoms with Crippen LogP contribution in [0.5, 0.6) is 0 Å². The van der Waals surface area contributed by atoms with Crippen molar-refractivity contribution in [3.63, 3.8) is 0 Å². The molecule has 0 amide bonds. The van der Waals surface area contributed by atoms with E-state index in [0.717, 1.165) is 50.7 Å². The highest BCUT2D eigenvalue weighted by molar-refractivity contribution is 5.32. The minimum Gasteiger partial charge on any atom is -0.371 e. The number of nitrogens with zero attached hydrogens (tertiary/aromatic N) is 5. The maximum Gasteiger partial charge on any atom is 0.144 e. The first kappa shape index (κ1) is 14.6. The van der Waals surface area contributed by atoms with E-state index in [2.05, 4.69) is 29.7 Å². The van der Waals surface area contributed by atoms with Crippen LogP contribution in [0, 0.1) is 0 Å². The number of hydrogen-bond acceptors (Lipinski definition) is 6. The lowest BCUT2D eigenvalue weighted by molar-refractivity contribution is 0.0117. The van der Waals surface area contributed by atoms with Gasteiger partial charge in [-0.25, -0.2) is 9.97 Å². The summed E-state index contributed by atoms with van der Waals surface area (Å²) in [6.07, 6.45) is 11.1. The van der Waals surface area contributed by atoms with E-state index in [9.17, 15) is 0 Å². The van der Waals surface area contributed by atoms with Crippen LogP contribution in [0.2, 0.25) is 0 Å². The molecular formula is C16H22N6O. The van der Waals surface area contributed by atoms with Crippen molar-refractivity contribution in [3.8, 4) is 0 Å². The summed E-state index contributed by atoms with van der Waals surface area (Å²) in [4.78, 5) is 15.2. The highest BCUT2D eigenvalue weighted by Crippen LogP contribution is 2.36. The number of ether oxygens (including phenoxy) is 1. The largest absolute Gasteiger partial charge is 0.371 e. The van der Waals surface area contributed by atoms with Crippen molar-refractivity contribution < 1.29 is 4.74 Å². The summed E-state index contributed by atoms with van der Waals surface area (Å²) in [6, 6.07) is 0.305. The van der Waals surface area contributed by atoms with Crippen molar-refractivity contribution >= 4 is 5.82 Å². The van der Waals surface area contributed by atoms with Gasteiger partial charge in [-0.15, -0.1) is 0 Å². The first-order chi connectivity index (χ1) is 11.2. The molecule has 0 radical (unpaired) electrons. The second kappa shape index (κ2) is 5.90. The van der Waals surface area contributed by atoms with Gasteiger partial charge in [0, 0.05) is 51.3 Å².